The fourth-order valence-electron chi connectivity index (χ4n) is 1.77. The molecule has 0 atom stereocenters. The maximum absolute atomic E-state index is 11.4. The largest absolute Gasteiger partial charge is 0.437 e. The van der Waals surface area contributed by atoms with Gasteiger partial charge in [0.2, 0.25) is 0 Å². The lowest BCUT2D eigenvalue weighted by atomic mass is 10.3. The molecule has 7 nitrogen and oxygen atoms in total. The van der Waals surface area contributed by atoms with E-state index in [2.05, 4.69) is 31.1 Å². The molecular formula is C12H10BrN5O2. The van der Waals surface area contributed by atoms with Crippen LogP contribution in [0, 0.1) is 6.92 Å². The Morgan fingerprint density at radius 1 is 1.30 bits per heavy atom. The minimum absolute atomic E-state index is 0.211. The average Bonchev–Trinajstić information content (AvgIpc) is 2.95. The highest BCUT2D eigenvalue weighted by Gasteiger charge is 2.16. The molecule has 0 fully saturated rings. The van der Waals surface area contributed by atoms with Crippen LogP contribution in [0.25, 0.3) is 17.4 Å². The topological polar surface area (TPSA) is 78.7 Å². The molecule has 0 N–H and O–H groups in total. The Kier molecular flexibility index (Phi) is 3.01. The maximum atomic E-state index is 11.4. The third kappa shape index (κ3) is 2.18. The molecule has 0 amide bonds. The van der Waals surface area contributed by atoms with Gasteiger partial charge in [0, 0.05) is 17.7 Å². The predicted molar refractivity (Wildman–Crippen MR) is 74.5 cm³/mol. The first kappa shape index (κ1) is 12.8. The zero-order chi connectivity index (χ0) is 14.3. The van der Waals surface area contributed by atoms with Gasteiger partial charge in [0.05, 0.1) is 5.69 Å². The molecule has 3 heterocycles. The first-order valence-electron chi connectivity index (χ1n) is 5.78. The monoisotopic (exact) mass is 335 g/mol. The third-order valence-electron chi connectivity index (χ3n) is 2.67. The minimum Gasteiger partial charge on any atom is -0.386 e. The second kappa shape index (κ2) is 4.71. The number of pyridine rings is 1. The van der Waals surface area contributed by atoms with Crippen molar-refractivity contribution in [3.05, 3.63) is 45.1 Å². The second-order valence-corrected chi connectivity index (χ2v) is 5.13. The van der Waals surface area contributed by atoms with E-state index in [0.29, 0.717) is 11.5 Å². The Labute approximate surface area is 122 Å². The van der Waals surface area contributed by atoms with Crippen molar-refractivity contribution in [2.45, 2.75) is 6.92 Å². The molecular weight excluding hydrogens is 326 g/mol. The van der Waals surface area contributed by atoms with Crippen molar-refractivity contribution < 1.29 is 4.42 Å². The van der Waals surface area contributed by atoms with Crippen LogP contribution in [0.15, 0.2) is 38.1 Å². The van der Waals surface area contributed by atoms with E-state index >= 15 is 0 Å². The lowest BCUT2D eigenvalue weighted by Gasteiger charge is -2.03. The molecule has 0 saturated carbocycles. The van der Waals surface area contributed by atoms with E-state index in [0.717, 1.165) is 14.8 Å². The number of halogens is 1. The molecule has 0 aliphatic heterocycles. The summed E-state index contributed by atoms with van der Waals surface area (Å²) in [5.41, 5.74) is 1.35. The van der Waals surface area contributed by atoms with Crippen molar-refractivity contribution in [3.63, 3.8) is 0 Å². The molecule has 0 spiro atoms. The average molecular weight is 336 g/mol. The zero-order valence-corrected chi connectivity index (χ0v) is 12.3. The molecule has 0 unspecified atom stereocenters. The van der Waals surface area contributed by atoms with E-state index in [4.69, 9.17) is 4.42 Å². The molecule has 0 radical (unpaired) electrons. The van der Waals surface area contributed by atoms with Crippen LogP contribution in [0.3, 0.4) is 0 Å². The van der Waals surface area contributed by atoms with E-state index < -0.39 is 5.76 Å². The normalized spacial score (nSPS) is 10.9. The Morgan fingerprint density at radius 2 is 2.10 bits per heavy atom. The quantitative estimate of drug-likeness (QED) is 0.712. The van der Waals surface area contributed by atoms with Crippen molar-refractivity contribution in [3.8, 4) is 17.4 Å². The molecule has 0 bridgehead atoms. The highest BCUT2D eigenvalue weighted by molar-refractivity contribution is 9.10. The molecule has 0 aromatic carbocycles. The SMILES string of the molecule is Cc1cc(-c2nn(C)c(=O)o2)n(-c2ccc(Br)cn2)n1. The standard InChI is InChI=1S/C12H10BrN5O2/c1-7-5-9(11-16-17(2)12(19)20-11)18(15-7)10-4-3-8(13)6-14-10/h3-6H,1-2H3. The number of rotatable bonds is 2. The van der Waals surface area contributed by atoms with Gasteiger partial charge in [-0.25, -0.2) is 14.5 Å². The summed E-state index contributed by atoms with van der Waals surface area (Å²) in [5.74, 6) is 0.307. The summed E-state index contributed by atoms with van der Waals surface area (Å²) >= 11 is 3.33. The lowest BCUT2D eigenvalue weighted by Crippen LogP contribution is -2.09. The third-order valence-corrected chi connectivity index (χ3v) is 3.14. The van der Waals surface area contributed by atoms with Crippen LogP contribution in [0.5, 0.6) is 0 Å². The Bertz CT molecular complexity index is 815. The highest BCUT2D eigenvalue weighted by Crippen LogP contribution is 2.21. The van der Waals surface area contributed by atoms with Crippen LogP contribution in [0.4, 0.5) is 0 Å². The van der Waals surface area contributed by atoms with Gasteiger partial charge < -0.3 is 4.42 Å². The Hall–Kier alpha value is -2.22. The molecule has 0 aliphatic carbocycles. The van der Waals surface area contributed by atoms with Crippen molar-refractivity contribution in [2.75, 3.05) is 0 Å². The summed E-state index contributed by atoms with van der Waals surface area (Å²) < 4.78 is 8.70. The van der Waals surface area contributed by atoms with Gasteiger partial charge >= 0.3 is 5.76 Å². The fraction of sp³-hybridized carbons (Fsp3) is 0.167. The van der Waals surface area contributed by atoms with Crippen molar-refractivity contribution in [2.24, 2.45) is 7.05 Å². The summed E-state index contributed by atoms with van der Waals surface area (Å²) in [5, 5.41) is 8.39. The van der Waals surface area contributed by atoms with Crippen LogP contribution >= 0.6 is 15.9 Å². The van der Waals surface area contributed by atoms with Gasteiger partial charge in [-0.15, -0.1) is 5.10 Å². The number of aryl methyl sites for hydroxylation is 2. The molecule has 0 saturated heterocycles. The predicted octanol–water partition coefficient (Wildman–Crippen LogP) is 1.69. The van der Waals surface area contributed by atoms with E-state index in [1.807, 2.05) is 13.0 Å². The van der Waals surface area contributed by atoms with Crippen LogP contribution in [-0.2, 0) is 7.05 Å². The van der Waals surface area contributed by atoms with Crippen molar-refractivity contribution in [1.82, 2.24) is 24.5 Å². The van der Waals surface area contributed by atoms with Gasteiger partial charge in [0.25, 0.3) is 5.89 Å². The van der Waals surface area contributed by atoms with Gasteiger partial charge in [-0.2, -0.15) is 9.78 Å². The number of aromatic nitrogens is 5. The fourth-order valence-corrected chi connectivity index (χ4v) is 2.00. The van der Waals surface area contributed by atoms with Gasteiger partial charge in [0.1, 0.15) is 5.69 Å². The Balaban J connectivity index is 2.17. The van der Waals surface area contributed by atoms with E-state index in [1.165, 1.54) is 7.05 Å². The molecule has 3 aromatic heterocycles. The van der Waals surface area contributed by atoms with Crippen molar-refractivity contribution >= 4 is 15.9 Å². The van der Waals surface area contributed by atoms with Gasteiger partial charge in [-0.05, 0) is 41.1 Å². The molecule has 3 aromatic rings. The minimum atomic E-state index is -0.519. The number of nitrogens with zero attached hydrogens (tertiary/aromatic N) is 5. The first-order valence-corrected chi connectivity index (χ1v) is 6.57. The molecule has 102 valence electrons. The van der Waals surface area contributed by atoms with Gasteiger partial charge in [-0.3, -0.25) is 0 Å². The maximum Gasteiger partial charge on any atom is 0.437 e. The second-order valence-electron chi connectivity index (χ2n) is 4.21. The molecule has 3 rings (SSSR count). The van der Waals surface area contributed by atoms with E-state index in [9.17, 15) is 4.79 Å². The summed E-state index contributed by atoms with van der Waals surface area (Å²) in [6, 6.07) is 5.45. The van der Waals surface area contributed by atoms with Gasteiger partial charge in [-0.1, -0.05) is 0 Å². The number of hydrogen-bond acceptors (Lipinski definition) is 5. The van der Waals surface area contributed by atoms with Crippen LogP contribution in [0.2, 0.25) is 0 Å². The molecule has 20 heavy (non-hydrogen) atoms. The number of hydrogen-bond donors (Lipinski definition) is 0. The molecule has 8 heteroatoms. The summed E-state index contributed by atoms with van der Waals surface area (Å²) in [4.78, 5) is 15.7. The molecule has 0 aliphatic rings. The van der Waals surface area contributed by atoms with Crippen LogP contribution < -0.4 is 5.76 Å². The van der Waals surface area contributed by atoms with Gasteiger partial charge in [0.15, 0.2) is 5.82 Å². The Morgan fingerprint density at radius 3 is 2.70 bits per heavy atom. The zero-order valence-electron chi connectivity index (χ0n) is 10.7. The van der Waals surface area contributed by atoms with Crippen LogP contribution in [-0.4, -0.2) is 24.5 Å². The summed E-state index contributed by atoms with van der Waals surface area (Å²) in [6.07, 6.45) is 1.67. The summed E-state index contributed by atoms with van der Waals surface area (Å²) in [7, 11) is 1.53. The van der Waals surface area contributed by atoms with E-state index in [-0.39, 0.29) is 5.89 Å². The highest BCUT2D eigenvalue weighted by atomic mass is 79.9. The van der Waals surface area contributed by atoms with Crippen molar-refractivity contribution in [1.29, 1.82) is 0 Å². The summed E-state index contributed by atoms with van der Waals surface area (Å²) in [6.45, 7) is 1.85. The lowest BCUT2D eigenvalue weighted by molar-refractivity contribution is 0.502. The van der Waals surface area contributed by atoms with E-state index in [1.54, 1.807) is 23.0 Å². The van der Waals surface area contributed by atoms with Crippen LogP contribution in [0.1, 0.15) is 5.69 Å². The first-order chi connectivity index (χ1) is 9.54. The smallest absolute Gasteiger partial charge is 0.386 e.